The van der Waals surface area contributed by atoms with Gasteiger partial charge >= 0.3 is 18.4 Å². The Balaban J connectivity index is 2.35. The summed E-state index contributed by atoms with van der Waals surface area (Å²) in [5, 5.41) is 4.33. The molecule has 0 bridgehead atoms. The highest BCUT2D eigenvalue weighted by Crippen LogP contribution is 2.32. The molecule has 0 aromatic heterocycles. The molecule has 1 heterocycles. The Bertz CT molecular complexity index is 853. The van der Waals surface area contributed by atoms with Crippen LogP contribution in [-0.2, 0) is 14.3 Å². The van der Waals surface area contributed by atoms with E-state index in [-0.39, 0.29) is 0 Å². The third-order valence-electron chi connectivity index (χ3n) is 3.54. The van der Waals surface area contributed by atoms with Crippen molar-refractivity contribution in [1.82, 2.24) is 5.32 Å². The minimum Gasteiger partial charge on any atom is -0.444 e. The van der Waals surface area contributed by atoms with Crippen LogP contribution in [0.3, 0.4) is 0 Å². The number of alkyl carbamates (subject to hydrolysis) is 1. The SMILES string of the molecule is CC(C)(C)OC(=O)NC1CN(C(=O)OCC(F)(F)F)c2cc(F)c(F)cc2NC1=O. The Labute approximate surface area is 167 Å². The van der Waals surface area contributed by atoms with Crippen LogP contribution in [0.4, 0.5) is 42.9 Å². The first kappa shape index (κ1) is 23.2. The first-order valence-corrected chi connectivity index (χ1v) is 8.47. The van der Waals surface area contributed by atoms with Gasteiger partial charge in [0.1, 0.15) is 11.6 Å². The molecular weight excluding hydrogens is 421 g/mol. The summed E-state index contributed by atoms with van der Waals surface area (Å²) >= 11 is 0. The van der Waals surface area contributed by atoms with E-state index < -0.39 is 72.1 Å². The Morgan fingerprint density at radius 2 is 1.80 bits per heavy atom. The number of ether oxygens (including phenoxy) is 2. The lowest BCUT2D eigenvalue weighted by Gasteiger charge is -2.26. The number of amides is 3. The van der Waals surface area contributed by atoms with Crippen molar-refractivity contribution in [3.63, 3.8) is 0 Å². The Kier molecular flexibility index (Phi) is 6.42. The molecule has 166 valence electrons. The second-order valence-corrected chi connectivity index (χ2v) is 7.25. The smallest absolute Gasteiger partial charge is 0.422 e. The van der Waals surface area contributed by atoms with Crippen LogP contribution in [0.1, 0.15) is 20.8 Å². The van der Waals surface area contributed by atoms with Crippen LogP contribution < -0.4 is 15.5 Å². The molecule has 1 aliphatic rings. The van der Waals surface area contributed by atoms with E-state index in [0.717, 1.165) is 0 Å². The topological polar surface area (TPSA) is 97.0 Å². The van der Waals surface area contributed by atoms with Gasteiger partial charge in [0, 0.05) is 12.1 Å². The molecule has 2 rings (SSSR count). The molecular formula is C17H18F5N3O5. The van der Waals surface area contributed by atoms with Crippen molar-refractivity contribution in [3.8, 4) is 0 Å². The van der Waals surface area contributed by atoms with E-state index in [1.807, 2.05) is 0 Å². The number of benzene rings is 1. The van der Waals surface area contributed by atoms with Crippen LogP contribution in [0.25, 0.3) is 0 Å². The summed E-state index contributed by atoms with van der Waals surface area (Å²) in [5.41, 5.74) is -1.80. The van der Waals surface area contributed by atoms with Crippen LogP contribution in [0, 0.1) is 11.6 Å². The average molecular weight is 439 g/mol. The van der Waals surface area contributed by atoms with Crippen molar-refractivity contribution in [3.05, 3.63) is 23.8 Å². The monoisotopic (exact) mass is 439 g/mol. The lowest BCUT2D eigenvalue weighted by Crippen LogP contribution is -2.51. The number of alkyl halides is 3. The quantitative estimate of drug-likeness (QED) is 0.690. The number of halogens is 5. The fraction of sp³-hybridized carbons (Fsp3) is 0.471. The summed E-state index contributed by atoms with van der Waals surface area (Å²) in [6.45, 7) is 1.94. The van der Waals surface area contributed by atoms with Crippen molar-refractivity contribution >= 4 is 29.5 Å². The first-order chi connectivity index (χ1) is 13.7. The number of carbonyl (C=O) groups is 3. The van der Waals surface area contributed by atoms with Crippen molar-refractivity contribution < 1.29 is 45.8 Å². The molecule has 1 aliphatic heterocycles. The highest BCUT2D eigenvalue weighted by atomic mass is 19.4. The van der Waals surface area contributed by atoms with Crippen LogP contribution in [0.2, 0.25) is 0 Å². The second-order valence-electron chi connectivity index (χ2n) is 7.25. The zero-order valence-corrected chi connectivity index (χ0v) is 16.0. The maximum atomic E-state index is 13.7. The van der Waals surface area contributed by atoms with E-state index in [9.17, 15) is 36.3 Å². The number of fused-ring (bicyclic) bond motifs is 1. The van der Waals surface area contributed by atoms with Gasteiger partial charge in [-0.05, 0) is 20.8 Å². The van der Waals surface area contributed by atoms with E-state index in [4.69, 9.17) is 4.74 Å². The molecule has 0 spiro atoms. The molecule has 0 fully saturated rings. The van der Waals surface area contributed by atoms with E-state index >= 15 is 0 Å². The van der Waals surface area contributed by atoms with Crippen LogP contribution in [0.15, 0.2) is 12.1 Å². The lowest BCUT2D eigenvalue weighted by molar-refractivity contribution is -0.159. The number of rotatable bonds is 2. The van der Waals surface area contributed by atoms with Crippen molar-refractivity contribution in [2.75, 3.05) is 23.4 Å². The summed E-state index contributed by atoms with van der Waals surface area (Å²) in [6, 6.07) is -0.477. The summed E-state index contributed by atoms with van der Waals surface area (Å²) in [6.07, 6.45) is -7.50. The van der Waals surface area contributed by atoms with Gasteiger partial charge in [0.05, 0.1) is 17.9 Å². The lowest BCUT2D eigenvalue weighted by atomic mass is 10.2. The summed E-state index contributed by atoms with van der Waals surface area (Å²) in [4.78, 5) is 37.1. The van der Waals surface area contributed by atoms with Crippen LogP contribution in [-0.4, -0.2) is 49.1 Å². The summed E-state index contributed by atoms with van der Waals surface area (Å²) in [5.74, 6) is -3.74. The molecule has 13 heteroatoms. The maximum Gasteiger partial charge on any atom is 0.422 e. The van der Waals surface area contributed by atoms with Gasteiger partial charge < -0.3 is 20.1 Å². The third kappa shape index (κ3) is 6.19. The number of hydrogen-bond acceptors (Lipinski definition) is 5. The molecule has 0 aliphatic carbocycles. The molecule has 0 saturated carbocycles. The zero-order valence-electron chi connectivity index (χ0n) is 16.0. The van der Waals surface area contributed by atoms with E-state index in [0.29, 0.717) is 17.0 Å². The molecule has 3 amide bonds. The van der Waals surface area contributed by atoms with Gasteiger partial charge in [-0.3, -0.25) is 9.69 Å². The molecule has 1 aromatic rings. The summed E-state index contributed by atoms with van der Waals surface area (Å²) in [7, 11) is 0. The normalized spacial score (nSPS) is 16.9. The van der Waals surface area contributed by atoms with Gasteiger partial charge in [0.25, 0.3) is 0 Å². The largest absolute Gasteiger partial charge is 0.444 e. The predicted octanol–water partition coefficient (Wildman–Crippen LogP) is 3.32. The fourth-order valence-electron chi connectivity index (χ4n) is 2.40. The number of nitrogens with zero attached hydrogens (tertiary/aromatic N) is 1. The molecule has 1 unspecified atom stereocenters. The summed E-state index contributed by atoms with van der Waals surface area (Å²) < 4.78 is 73.7. The fourth-order valence-corrected chi connectivity index (χ4v) is 2.40. The van der Waals surface area contributed by atoms with Crippen molar-refractivity contribution in [2.24, 2.45) is 0 Å². The van der Waals surface area contributed by atoms with Crippen LogP contribution in [0.5, 0.6) is 0 Å². The van der Waals surface area contributed by atoms with Gasteiger partial charge in [-0.1, -0.05) is 0 Å². The molecule has 2 N–H and O–H groups in total. The van der Waals surface area contributed by atoms with E-state index in [1.165, 1.54) is 0 Å². The minimum atomic E-state index is -4.85. The molecule has 8 nitrogen and oxygen atoms in total. The highest BCUT2D eigenvalue weighted by Gasteiger charge is 2.37. The molecule has 0 saturated heterocycles. The number of nitrogens with one attached hydrogen (secondary N) is 2. The van der Waals surface area contributed by atoms with Gasteiger partial charge in [-0.2, -0.15) is 13.2 Å². The standard InChI is InChI=1S/C17H18F5N3O5/c1-16(2,3)30-14(27)24-11-6-25(15(28)29-7-17(20,21)22)12-5-9(19)8(18)4-10(12)23-13(11)26/h4-5,11H,6-7H2,1-3H3,(H,23,26)(H,24,27). The van der Waals surface area contributed by atoms with Crippen molar-refractivity contribution in [1.29, 1.82) is 0 Å². The minimum absolute atomic E-state index is 0.406. The molecule has 0 radical (unpaired) electrons. The van der Waals surface area contributed by atoms with Crippen molar-refractivity contribution in [2.45, 2.75) is 38.6 Å². The van der Waals surface area contributed by atoms with Gasteiger partial charge in [-0.25, -0.2) is 18.4 Å². The zero-order chi connectivity index (χ0) is 22.9. The molecule has 1 atom stereocenters. The predicted molar refractivity (Wildman–Crippen MR) is 92.9 cm³/mol. The number of anilines is 2. The van der Waals surface area contributed by atoms with Gasteiger partial charge in [0.2, 0.25) is 5.91 Å². The Morgan fingerprint density at radius 3 is 2.37 bits per heavy atom. The van der Waals surface area contributed by atoms with Crippen LogP contribution >= 0.6 is 0 Å². The van der Waals surface area contributed by atoms with Gasteiger partial charge in [-0.15, -0.1) is 0 Å². The van der Waals surface area contributed by atoms with Gasteiger partial charge in [0.15, 0.2) is 18.2 Å². The second kappa shape index (κ2) is 8.32. The highest BCUT2D eigenvalue weighted by molar-refractivity contribution is 6.05. The first-order valence-electron chi connectivity index (χ1n) is 8.47. The Morgan fingerprint density at radius 1 is 1.20 bits per heavy atom. The van der Waals surface area contributed by atoms with E-state index in [1.54, 1.807) is 20.8 Å². The number of carbonyl (C=O) groups excluding carboxylic acids is 3. The number of hydrogen-bond donors (Lipinski definition) is 2. The third-order valence-corrected chi connectivity index (χ3v) is 3.54. The average Bonchev–Trinajstić information content (AvgIpc) is 2.68. The van der Waals surface area contributed by atoms with E-state index in [2.05, 4.69) is 15.4 Å². The molecule has 1 aromatic carbocycles. The molecule has 30 heavy (non-hydrogen) atoms. The Hall–Kier alpha value is -3.12. The maximum absolute atomic E-state index is 13.7.